The van der Waals surface area contributed by atoms with Crippen molar-refractivity contribution in [1.82, 2.24) is 0 Å². The van der Waals surface area contributed by atoms with Gasteiger partial charge in [0, 0.05) is 24.8 Å². The summed E-state index contributed by atoms with van der Waals surface area (Å²) in [5, 5.41) is 14.7. The molecule has 3 rings (SSSR count). The second-order valence-corrected chi connectivity index (χ2v) is 7.71. The summed E-state index contributed by atoms with van der Waals surface area (Å²) in [6.07, 6.45) is 0.916. The van der Waals surface area contributed by atoms with Crippen LogP contribution >= 0.6 is 0 Å². The Labute approximate surface area is 194 Å². The van der Waals surface area contributed by atoms with Crippen molar-refractivity contribution in [2.45, 2.75) is 26.8 Å². The number of rotatable bonds is 10. The molecular formula is C26H29N3O4. The van der Waals surface area contributed by atoms with E-state index in [4.69, 9.17) is 9.84 Å². The smallest absolute Gasteiger partial charge is 0.341 e. The first-order chi connectivity index (χ1) is 15.9. The number of urea groups is 1. The van der Waals surface area contributed by atoms with E-state index in [1.54, 1.807) is 12.1 Å². The van der Waals surface area contributed by atoms with Gasteiger partial charge in [0.05, 0.1) is 11.4 Å². The number of carbonyl (C=O) groups excluding carboxylic acids is 1. The molecule has 3 aromatic rings. The van der Waals surface area contributed by atoms with Gasteiger partial charge in [0.25, 0.3) is 0 Å². The molecule has 2 amide bonds. The summed E-state index contributed by atoms with van der Waals surface area (Å²) in [5.74, 6) is -0.703. The molecule has 0 unspecified atom stereocenters. The number of nitrogens with zero attached hydrogens (tertiary/aromatic N) is 1. The van der Waals surface area contributed by atoms with Crippen LogP contribution in [0.15, 0.2) is 72.8 Å². The van der Waals surface area contributed by atoms with E-state index in [0.717, 1.165) is 29.8 Å². The normalized spacial score (nSPS) is 10.4. The molecule has 0 spiro atoms. The topological polar surface area (TPSA) is 90.9 Å². The third kappa shape index (κ3) is 7.28. The number of carboxylic acid groups (broad SMARTS) is 1. The summed E-state index contributed by atoms with van der Waals surface area (Å²) in [6, 6.07) is 22.4. The molecule has 0 aliphatic heterocycles. The third-order valence-corrected chi connectivity index (χ3v) is 4.94. The maximum Gasteiger partial charge on any atom is 0.341 e. The van der Waals surface area contributed by atoms with Crippen molar-refractivity contribution in [2.24, 2.45) is 0 Å². The second-order valence-electron chi connectivity index (χ2n) is 7.71. The Balaban J connectivity index is 1.87. The largest absolute Gasteiger partial charge is 0.482 e. The van der Waals surface area contributed by atoms with Crippen LogP contribution in [0.25, 0.3) is 0 Å². The number of nitrogens with one attached hydrogen (secondary N) is 2. The minimum Gasteiger partial charge on any atom is -0.482 e. The molecule has 172 valence electrons. The monoisotopic (exact) mass is 447 g/mol. The summed E-state index contributed by atoms with van der Waals surface area (Å²) >= 11 is 0. The second kappa shape index (κ2) is 11.6. The Kier molecular flexibility index (Phi) is 8.30. The Morgan fingerprint density at radius 1 is 0.970 bits per heavy atom. The molecule has 0 saturated heterocycles. The highest BCUT2D eigenvalue weighted by atomic mass is 16.5. The highest BCUT2D eigenvalue weighted by Gasteiger charge is 2.16. The van der Waals surface area contributed by atoms with E-state index >= 15 is 0 Å². The van der Waals surface area contributed by atoms with Crippen molar-refractivity contribution >= 4 is 29.1 Å². The lowest BCUT2D eigenvalue weighted by Crippen LogP contribution is -2.26. The lowest BCUT2D eigenvalue weighted by Gasteiger charge is -2.27. The van der Waals surface area contributed by atoms with Gasteiger partial charge in [-0.15, -0.1) is 0 Å². The SMILES string of the molecule is CCCN(Cc1ccccc1)c1ccc(OCC(=O)O)cc1NC(=O)Nc1ccc(C)cc1. The summed E-state index contributed by atoms with van der Waals surface area (Å²) in [7, 11) is 0. The number of benzene rings is 3. The Morgan fingerprint density at radius 2 is 1.70 bits per heavy atom. The fourth-order valence-corrected chi connectivity index (χ4v) is 3.41. The Morgan fingerprint density at radius 3 is 2.36 bits per heavy atom. The van der Waals surface area contributed by atoms with Crippen molar-refractivity contribution in [3.8, 4) is 5.75 Å². The molecule has 0 aliphatic rings. The van der Waals surface area contributed by atoms with Gasteiger partial charge in [-0.05, 0) is 43.2 Å². The first kappa shape index (κ1) is 23.7. The Bertz CT molecular complexity index is 1070. The molecule has 7 heteroatoms. The summed E-state index contributed by atoms with van der Waals surface area (Å²) < 4.78 is 5.34. The van der Waals surface area contributed by atoms with Gasteiger partial charge in [-0.1, -0.05) is 55.0 Å². The number of hydrogen-bond donors (Lipinski definition) is 3. The van der Waals surface area contributed by atoms with Gasteiger partial charge in [-0.3, -0.25) is 0 Å². The summed E-state index contributed by atoms with van der Waals surface area (Å²) in [6.45, 7) is 5.06. The molecular weight excluding hydrogens is 418 g/mol. The predicted octanol–water partition coefficient (Wildman–Crippen LogP) is 5.52. The molecule has 0 bridgehead atoms. The van der Waals surface area contributed by atoms with Gasteiger partial charge in [0.2, 0.25) is 0 Å². The molecule has 0 aromatic heterocycles. The van der Waals surface area contributed by atoms with Crippen molar-refractivity contribution in [3.05, 3.63) is 83.9 Å². The Hall–Kier alpha value is -4.00. The number of amides is 2. The zero-order valence-corrected chi connectivity index (χ0v) is 18.9. The van der Waals surface area contributed by atoms with Crippen LogP contribution in [0.1, 0.15) is 24.5 Å². The molecule has 7 nitrogen and oxygen atoms in total. The van der Waals surface area contributed by atoms with Crippen LogP contribution in [-0.4, -0.2) is 30.3 Å². The number of carbonyl (C=O) groups is 2. The summed E-state index contributed by atoms with van der Waals surface area (Å²) in [5.41, 5.74) is 4.27. The van der Waals surface area contributed by atoms with Crippen molar-refractivity contribution < 1.29 is 19.4 Å². The van der Waals surface area contributed by atoms with Gasteiger partial charge in [0.1, 0.15) is 5.75 Å². The number of aliphatic carboxylic acids is 1. The van der Waals surface area contributed by atoms with Gasteiger partial charge >= 0.3 is 12.0 Å². The van der Waals surface area contributed by atoms with E-state index in [2.05, 4.69) is 34.6 Å². The van der Waals surface area contributed by atoms with E-state index in [1.807, 2.05) is 55.5 Å². The maximum atomic E-state index is 12.8. The zero-order chi connectivity index (χ0) is 23.6. The number of aryl methyl sites for hydroxylation is 1. The van der Waals surface area contributed by atoms with Gasteiger partial charge in [0.15, 0.2) is 6.61 Å². The van der Waals surface area contributed by atoms with Crippen LogP contribution in [0.3, 0.4) is 0 Å². The number of ether oxygens (including phenoxy) is 1. The highest BCUT2D eigenvalue weighted by Crippen LogP contribution is 2.32. The van der Waals surface area contributed by atoms with Crippen LogP contribution in [0.4, 0.5) is 21.9 Å². The van der Waals surface area contributed by atoms with Crippen molar-refractivity contribution in [2.75, 3.05) is 28.7 Å². The van der Waals surface area contributed by atoms with Gasteiger partial charge < -0.3 is 25.4 Å². The first-order valence-corrected chi connectivity index (χ1v) is 10.9. The lowest BCUT2D eigenvalue weighted by atomic mass is 10.1. The molecule has 3 aromatic carbocycles. The molecule has 0 aliphatic carbocycles. The average molecular weight is 448 g/mol. The number of hydrogen-bond acceptors (Lipinski definition) is 4. The average Bonchev–Trinajstić information content (AvgIpc) is 2.80. The van der Waals surface area contributed by atoms with Crippen LogP contribution in [0.5, 0.6) is 5.75 Å². The van der Waals surface area contributed by atoms with E-state index < -0.39 is 18.6 Å². The van der Waals surface area contributed by atoms with Crippen LogP contribution in [0, 0.1) is 6.92 Å². The zero-order valence-electron chi connectivity index (χ0n) is 18.9. The summed E-state index contributed by atoms with van der Waals surface area (Å²) in [4.78, 5) is 25.9. The van der Waals surface area contributed by atoms with E-state index in [1.165, 1.54) is 0 Å². The third-order valence-electron chi connectivity index (χ3n) is 4.94. The van der Waals surface area contributed by atoms with Crippen molar-refractivity contribution in [3.63, 3.8) is 0 Å². The van der Waals surface area contributed by atoms with Gasteiger partial charge in [-0.25, -0.2) is 9.59 Å². The van der Waals surface area contributed by atoms with Crippen molar-refractivity contribution in [1.29, 1.82) is 0 Å². The number of anilines is 3. The van der Waals surface area contributed by atoms with Crippen LogP contribution < -0.4 is 20.3 Å². The van der Waals surface area contributed by atoms with Crippen LogP contribution in [-0.2, 0) is 11.3 Å². The standard InChI is InChI=1S/C26H29N3O4/c1-3-15-29(17-20-7-5-4-6-8-20)24-14-13-22(33-18-25(30)31)16-23(24)28-26(32)27-21-11-9-19(2)10-12-21/h4-14,16H,3,15,17-18H2,1-2H3,(H,30,31)(H2,27,28,32). The van der Waals surface area contributed by atoms with E-state index in [-0.39, 0.29) is 0 Å². The molecule has 0 saturated carbocycles. The lowest BCUT2D eigenvalue weighted by molar-refractivity contribution is -0.139. The molecule has 0 fully saturated rings. The minimum atomic E-state index is -1.07. The maximum absolute atomic E-state index is 12.8. The predicted molar refractivity (Wildman–Crippen MR) is 131 cm³/mol. The number of carboxylic acids is 1. The molecule has 0 heterocycles. The van der Waals surface area contributed by atoms with Gasteiger partial charge in [-0.2, -0.15) is 0 Å². The molecule has 33 heavy (non-hydrogen) atoms. The molecule has 0 atom stereocenters. The minimum absolute atomic E-state index is 0.364. The van der Waals surface area contributed by atoms with E-state index in [9.17, 15) is 9.59 Å². The van der Waals surface area contributed by atoms with E-state index in [0.29, 0.717) is 23.7 Å². The fraction of sp³-hybridized carbons (Fsp3) is 0.231. The first-order valence-electron chi connectivity index (χ1n) is 10.9. The fourth-order valence-electron chi connectivity index (χ4n) is 3.41. The molecule has 0 radical (unpaired) electrons. The quantitative estimate of drug-likeness (QED) is 0.381. The highest BCUT2D eigenvalue weighted by molar-refractivity contribution is 6.02. The molecule has 3 N–H and O–H groups in total. The van der Waals surface area contributed by atoms with Crippen LogP contribution in [0.2, 0.25) is 0 Å².